The molecule has 0 saturated carbocycles. The molecule has 1 saturated heterocycles. The number of nitrogens with zero attached hydrogens (tertiary/aromatic N) is 4. The Labute approximate surface area is 129 Å². The van der Waals surface area contributed by atoms with Gasteiger partial charge in [-0.05, 0) is 0 Å². The number of hydrogen-bond acceptors (Lipinski definition) is 8. The van der Waals surface area contributed by atoms with Crippen LogP contribution < -0.4 is 0 Å². The number of ether oxygens (including phenoxy) is 2. The molecule has 10 heteroatoms. The zero-order valence-corrected chi connectivity index (χ0v) is 12.1. The number of amides is 1. The summed E-state index contributed by atoms with van der Waals surface area (Å²) in [4.78, 5) is 28.8. The Hall–Kier alpha value is -2.33. The molecule has 1 fully saturated rings. The van der Waals surface area contributed by atoms with Gasteiger partial charge in [-0.25, -0.2) is 14.5 Å². The minimum absolute atomic E-state index is 0.00540. The lowest BCUT2D eigenvalue weighted by Gasteiger charge is -2.40. The van der Waals surface area contributed by atoms with Crippen molar-refractivity contribution in [2.75, 3.05) is 13.2 Å². The summed E-state index contributed by atoms with van der Waals surface area (Å²) < 4.78 is 11.3. The predicted octanol–water partition coefficient (Wildman–Crippen LogP) is 0.224. The molecule has 0 aromatic carbocycles. The molecule has 0 bridgehead atoms. The van der Waals surface area contributed by atoms with E-state index in [0.29, 0.717) is 5.03 Å². The molecule has 9 nitrogen and oxygen atoms in total. The molecule has 0 unspecified atom stereocenters. The zero-order chi connectivity index (χ0) is 15.7. The van der Waals surface area contributed by atoms with Crippen LogP contribution in [0.3, 0.4) is 0 Å². The third-order valence-electron chi connectivity index (χ3n) is 3.11. The molecule has 116 valence electrons. The van der Waals surface area contributed by atoms with Crippen molar-refractivity contribution in [3.05, 3.63) is 31.2 Å². The molecule has 1 amide bonds. The number of hydrogen-bond donors (Lipinski definition) is 1. The Balaban J connectivity index is 1.86. The molecule has 1 N–H and O–H groups in total. The Morgan fingerprint density at radius 2 is 2.41 bits per heavy atom. The zero-order valence-electron chi connectivity index (χ0n) is 11.3. The summed E-state index contributed by atoms with van der Waals surface area (Å²) in [5, 5.41) is 13.3. The molecule has 3 rings (SSSR count). The number of β-lactam (4-membered cyclic amide) rings is 1. The Bertz CT molecular complexity index is 644. The van der Waals surface area contributed by atoms with Crippen LogP contribution in [-0.2, 0) is 14.3 Å². The van der Waals surface area contributed by atoms with Gasteiger partial charge in [-0.1, -0.05) is 24.4 Å². The van der Waals surface area contributed by atoms with E-state index in [0.717, 1.165) is 0 Å². The van der Waals surface area contributed by atoms with E-state index in [1.165, 1.54) is 40.1 Å². The molecule has 2 aliphatic heterocycles. The fourth-order valence-corrected chi connectivity index (χ4v) is 3.45. The first-order valence-electron chi connectivity index (χ1n) is 6.32. The lowest BCUT2D eigenvalue weighted by Crippen LogP contribution is -2.58. The standard InChI is InChI=1S/C12H12N4O5S/c1-2-3-20-12(19)21-9-11(15-6-13-5-14-15)22-10-7(4-17)8(18)16(9)10/h2,5-7,10,17H,1,3-4H2/t7-,10+/m0/s1. The second kappa shape index (κ2) is 5.81. The van der Waals surface area contributed by atoms with Crippen LogP contribution in [0.5, 0.6) is 0 Å². The van der Waals surface area contributed by atoms with Gasteiger partial charge in [-0.15, -0.1) is 0 Å². The maximum atomic E-state index is 12.0. The minimum atomic E-state index is -0.950. The van der Waals surface area contributed by atoms with E-state index in [-0.39, 0.29) is 30.4 Å². The summed E-state index contributed by atoms with van der Waals surface area (Å²) in [5.41, 5.74) is 0. The summed E-state index contributed by atoms with van der Waals surface area (Å²) in [5.74, 6) is -0.820. The quantitative estimate of drug-likeness (QED) is 0.466. The topological polar surface area (TPSA) is 107 Å². The fraction of sp³-hybridized carbons (Fsp3) is 0.333. The number of fused-ring (bicyclic) bond motifs is 1. The number of carbonyl (C=O) groups is 2. The molecule has 2 aliphatic rings. The van der Waals surface area contributed by atoms with Crippen molar-refractivity contribution >= 4 is 28.9 Å². The van der Waals surface area contributed by atoms with Crippen LogP contribution in [0, 0.1) is 5.92 Å². The average Bonchev–Trinajstić information content (AvgIpc) is 3.11. The van der Waals surface area contributed by atoms with Gasteiger partial charge in [-0.2, -0.15) is 5.10 Å². The van der Waals surface area contributed by atoms with Gasteiger partial charge in [0.2, 0.25) is 11.8 Å². The van der Waals surface area contributed by atoms with Crippen molar-refractivity contribution in [3.63, 3.8) is 0 Å². The van der Waals surface area contributed by atoms with E-state index in [9.17, 15) is 14.7 Å². The Morgan fingerprint density at radius 1 is 1.59 bits per heavy atom. The molecule has 0 radical (unpaired) electrons. The predicted molar refractivity (Wildman–Crippen MR) is 74.7 cm³/mol. The smallest absolute Gasteiger partial charge is 0.430 e. The van der Waals surface area contributed by atoms with Crippen LogP contribution in [-0.4, -0.2) is 55.4 Å². The van der Waals surface area contributed by atoms with Crippen LogP contribution >= 0.6 is 11.8 Å². The summed E-state index contributed by atoms with van der Waals surface area (Å²) >= 11 is 1.26. The van der Waals surface area contributed by atoms with Gasteiger partial charge < -0.3 is 14.6 Å². The first-order chi connectivity index (χ1) is 10.7. The summed E-state index contributed by atoms with van der Waals surface area (Å²) in [6.45, 7) is 3.15. The number of carbonyl (C=O) groups excluding carboxylic acids is 2. The maximum absolute atomic E-state index is 12.0. The molecule has 0 spiro atoms. The van der Waals surface area contributed by atoms with Gasteiger partial charge in [0.1, 0.15) is 24.6 Å². The molecule has 3 heterocycles. The fourth-order valence-electron chi connectivity index (χ4n) is 2.10. The first-order valence-corrected chi connectivity index (χ1v) is 7.20. The average molecular weight is 324 g/mol. The lowest BCUT2D eigenvalue weighted by molar-refractivity contribution is -0.151. The molecule has 22 heavy (non-hydrogen) atoms. The van der Waals surface area contributed by atoms with Gasteiger partial charge >= 0.3 is 6.16 Å². The van der Waals surface area contributed by atoms with Gasteiger partial charge in [-0.3, -0.25) is 9.69 Å². The SMILES string of the molecule is C=CCOC(=O)OC1=C(n2cncn2)S[C@@H]2[C@@H](CO)C(=O)N12. The highest BCUT2D eigenvalue weighted by atomic mass is 32.2. The van der Waals surface area contributed by atoms with Crippen molar-refractivity contribution in [3.8, 4) is 0 Å². The Kier molecular flexibility index (Phi) is 3.86. The van der Waals surface area contributed by atoms with E-state index < -0.39 is 12.1 Å². The van der Waals surface area contributed by atoms with Crippen LogP contribution in [0.2, 0.25) is 0 Å². The van der Waals surface area contributed by atoms with Crippen molar-refractivity contribution in [1.29, 1.82) is 0 Å². The molecule has 1 aromatic heterocycles. The van der Waals surface area contributed by atoms with Crippen LogP contribution in [0.1, 0.15) is 0 Å². The Morgan fingerprint density at radius 3 is 3.05 bits per heavy atom. The minimum Gasteiger partial charge on any atom is -0.430 e. The number of thioether (sulfide) groups is 1. The van der Waals surface area contributed by atoms with E-state index in [1.807, 2.05) is 0 Å². The van der Waals surface area contributed by atoms with Crippen molar-refractivity contribution in [2.45, 2.75) is 5.37 Å². The normalized spacial score (nSPS) is 23.1. The van der Waals surface area contributed by atoms with E-state index in [2.05, 4.69) is 16.7 Å². The molecular formula is C12H12N4O5S. The van der Waals surface area contributed by atoms with Crippen LogP contribution in [0.25, 0.3) is 5.03 Å². The van der Waals surface area contributed by atoms with Gasteiger partial charge in [0.05, 0.1) is 12.5 Å². The highest BCUT2D eigenvalue weighted by Crippen LogP contribution is 2.50. The largest absolute Gasteiger partial charge is 0.515 e. The van der Waals surface area contributed by atoms with Crippen LogP contribution in [0.15, 0.2) is 31.2 Å². The highest BCUT2D eigenvalue weighted by molar-refractivity contribution is 8.08. The van der Waals surface area contributed by atoms with Gasteiger partial charge in [0, 0.05) is 0 Å². The lowest BCUT2D eigenvalue weighted by atomic mass is 10.00. The maximum Gasteiger partial charge on any atom is 0.515 e. The van der Waals surface area contributed by atoms with E-state index in [4.69, 9.17) is 9.47 Å². The number of rotatable bonds is 5. The van der Waals surface area contributed by atoms with Gasteiger partial charge in [0.15, 0.2) is 5.03 Å². The second-order valence-corrected chi connectivity index (χ2v) is 5.51. The second-order valence-electron chi connectivity index (χ2n) is 4.41. The molecule has 2 atom stereocenters. The monoisotopic (exact) mass is 324 g/mol. The molecular weight excluding hydrogens is 312 g/mol. The van der Waals surface area contributed by atoms with Crippen molar-refractivity contribution < 1.29 is 24.2 Å². The highest BCUT2D eigenvalue weighted by Gasteiger charge is 2.56. The molecule has 1 aromatic rings. The first kappa shape index (κ1) is 14.6. The summed E-state index contributed by atoms with van der Waals surface area (Å²) in [6, 6.07) is 0. The third-order valence-corrected chi connectivity index (χ3v) is 4.48. The van der Waals surface area contributed by atoms with Crippen molar-refractivity contribution in [1.82, 2.24) is 19.7 Å². The molecule has 0 aliphatic carbocycles. The van der Waals surface area contributed by atoms with Crippen LogP contribution in [0.4, 0.5) is 4.79 Å². The number of aliphatic hydroxyl groups excluding tert-OH is 1. The van der Waals surface area contributed by atoms with Gasteiger partial charge in [0.25, 0.3) is 0 Å². The van der Waals surface area contributed by atoms with Crippen molar-refractivity contribution in [2.24, 2.45) is 5.92 Å². The number of aromatic nitrogens is 3. The number of aliphatic hydroxyl groups is 1. The summed E-state index contributed by atoms with van der Waals surface area (Å²) in [6.07, 6.45) is 3.19. The third kappa shape index (κ3) is 2.25. The van der Waals surface area contributed by atoms with E-state index >= 15 is 0 Å². The summed E-state index contributed by atoms with van der Waals surface area (Å²) in [7, 11) is 0. The van der Waals surface area contributed by atoms with E-state index in [1.54, 1.807) is 0 Å².